The summed E-state index contributed by atoms with van der Waals surface area (Å²) >= 11 is 3.39. The number of piperazine rings is 1. The van der Waals surface area contributed by atoms with Crippen molar-refractivity contribution in [1.82, 2.24) is 14.1 Å². The van der Waals surface area contributed by atoms with Crippen LogP contribution in [-0.4, -0.2) is 67.8 Å². The van der Waals surface area contributed by atoms with Crippen molar-refractivity contribution >= 4 is 32.0 Å². The van der Waals surface area contributed by atoms with Crippen molar-refractivity contribution in [2.75, 3.05) is 39.3 Å². The van der Waals surface area contributed by atoms with Gasteiger partial charge in [-0.25, -0.2) is 13.2 Å². The molecule has 1 aliphatic heterocycles. The Morgan fingerprint density at radius 1 is 1.17 bits per heavy atom. The number of urea groups is 1. The van der Waals surface area contributed by atoms with E-state index in [1.54, 1.807) is 28.0 Å². The van der Waals surface area contributed by atoms with Gasteiger partial charge in [0.05, 0.1) is 4.90 Å². The van der Waals surface area contributed by atoms with Gasteiger partial charge in [-0.2, -0.15) is 4.31 Å². The first kappa shape index (κ1) is 19.2. The van der Waals surface area contributed by atoms with E-state index in [9.17, 15) is 13.2 Å². The minimum absolute atomic E-state index is 0.0171. The number of hydrogen-bond donors (Lipinski definition) is 0. The summed E-state index contributed by atoms with van der Waals surface area (Å²) in [6.45, 7) is 8.56. The summed E-state index contributed by atoms with van der Waals surface area (Å²) in [5.41, 5.74) is 0.881. The molecule has 6 nitrogen and oxygen atoms in total. The number of rotatable bonds is 4. The smallest absolute Gasteiger partial charge is 0.320 e. The third-order valence-corrected chi connectivity index (χ3v) is 7.09. The maximum absolute atomic E-state index is 12.8. The Hall–Kier alpha value is -1.12. The van der Waals surface area contributed by atoms with Crippen LogP contribution in [0, 0.1) is 6.92 Å². The second kappa shape index (κ2) is 7.84. The zero-order valence-corrected chi connectivity index (χ0v) is 16.7. The zero-order valence-electron chi connectivity index (χ0n) is 14.3. The zero-order chi connectivity index (χ0) is 17.9. The van der Waals surface area contributed by atoms with Crippen LogP contribution in [0.15, 0.2) is 27.6 Å². The SMILES string of the molecule is CCN(CC)C(=O)N1CCN(S(=O)(=O)c2ccc(Br)c(C)c2)CC1. The molecule has 2 rings (SSSR count). The van der Waals surface area contributed by atoms with Crippen LogP contribution in [0.4, 0.5) is 4.79 Å². The average molecular weight is 418 g/mol. The molecule has 0 aliphatic carbocycles. The number of hydrogen-bond acceptors (Lipinski definition) is 3. The Morgan fingerprint density at radius 2 is 1.75 bits per heavy atom. The van der Waals surface area contributed by atoms with E-state index in [0.717, 1.165) is 10.0 Å². The van der Waals surface area contributed by atoms with Gasteiger partial charge in [0.15, 0.2) is 0 Å². The minimum atomic E-state index is -3.52. The van der Waals surface area contributed by atoms with Crippen LogP contribution in [0.2, 0.25) is 0 Å². The molecule has 1 aromatic carbocycles. The van der Waals surface area contributed by atoms with Gasteiger partial charge in [0.25, 0.3) is 0 Å². The first-order valence-electron chi connectivity index (χ1n) is 8.11. The summed E-state index contributed by atoms with van der Waals surface area (Å²) in [6, 6.07) is 5.02. The highest BCUT2D eigenvalue weighted by Gasteiger charge is 2.31. The molecule has 134 valence electrons. The number of aryl methyl sites for hydroxylation is 1. The molecule has 0 bridgehead atoms. The molecule has 0 spiro atoms. The summed E-state index contributed by atoms with van der Waals surface area (Å²) in [7, 11) is -3.52. The quantitative estimate of drug-likeness (QED) is 0.755. The van der Waals surface area contributed by atoms with Crippen LogP contribution in [0.25, 0.3) is 0 Å². The number of carbonyl (C=O) groups excluding carboxylic acids is 1. The van der Waals surface area contributed by atoms with Gasteiger partial charge in [0.2, 0.25) is 10.0 Å². The van der Waals surface area contributed by atoms with Gasteiger partial charge in [-0.1, -0.05) is 15.9 Å². The lowest BCUT2D eigenvalue weighted by Crippen LogP contribution is -2.53. The predicted octanol–water partition coefficient (Wildman–Crippen LogP) is 2.53. The molecule has 1 heterocycles. The van der Waals surface area contributed by atoms with E-state index < -0.39 is 10.0 Å². The van der Waals surface area contributed by atoms with Gasteiger partial charge in [-0.3, -0.25) is 0 Å². The van der Waals surface area contributed by atoms with Crippen LogP contribution in [0.5, 0.6) is 0 Å². The van der Waals surface area contributed by atoms with E-state index in [4.69, 9.17) is 0 Å². The Bertz CT molecular complexity index is 697. The van der Waals surface area contributed by atoms with Crippen molar-refractivity contribution in [2.45, 2.75) is 25.7 Å². The fourth-order valence-corrected chi connectivity index (χ4v) is 4.50. The third kappa shape index (κ3) is 3.92. The summed E-state index contributed by atoms with van der Waals surface area (Å²) in [5, 5.41) is 0. The highest BCUT2D eigenvalue weighted by atomic mass is 79.9. The normalized spacial score (nSPS) is 16.2. The van der Waals surface area contributed by atoms with Gasteiger partial charge in [-0.15, -0.1) is 0 Å². The number of nitrogens with zero attached hydrogens (tertiary/aromatic N) is 3. The van der Waals surface area contributed by atoms with Gasteiger partial charge in [-0.05, 0) is 44.5 Å². The number of benzene rings is 1. The summed E-state index contributed by atoms with van der Waals surface area (Å²) < 4.78 is 27.9. The van der Waals surface area contributed by atoms with Gasteiger partial charge >= 0.3 is 6.03 Å². The fraction of sp³-hybridized carbons (Fsp3) is 0.562. The van der Waals surface area contributed by atoms with Gasteiger partial charge in [0.1, 0.15) is 0 Å². The van der Waals surface area contributed by atoms with Crippen molar-refractivity contribution in [3.63, 3.8) is 0 Å². The topological polar surface area (TPSA) is 60.9 Å². The third-order valence-electron chi connectivity index (χ3n) is 4.31. The number of halogens is 1. The second-order valence-corrected chi connectivity index (χ2v) is 8.55. The Balaban J connectivity index is 2.08. The monoisotopic (exact) mass is 417 g/mol. The minimum Gasteiger partial charge on any atom is -0.325 e. The van der Waals surface area contributed by atoms with E-state index >= 15 is 0 Å². The van der Waals surface area contributed by atoms with E-state index in [-0.39, 0.29) is 6.03 Å². The molecule has 8 heteroatoms. The van der Waals surface area contributed by atoms with Crippen molar-refractivity contribution in [3.8, 4) is 0 Å². The molecule has 1 fully saturated rings. The molecular formula is C16H24BrN3O3S. The largest absolute Gasteiger partial charge is 0.325 e. The molecular weight excluding hydrogens is 394 g/mol. The average Bonchev–Trinajstić information content (AvgIpc) is 2.58. The second-order valence-electron chi connectivity index (χ2n) is 5.76. The molecule has 2 amide bonds. The first-order valence-corrected chi connectivity index (χ1v) is 10.3. The molecule has 0 aromatic heterocycles. The number of amides is 2. The van der Waals surface area contributed by atoms with Crippen molar-refractivity contribution in [1.29, 1.82) is 0 Å². The molecule has 0 saturated carbocycles. The van der Waals surface area contributed by atoms with Gasteiger partial charge < -0.3 is 9.80 Å². The summed E-state index contributed by atoms with van der Waals surface area (Å²) in [5.74, 6) is 0. The molecule has 1 aliphatic rings. The molecule has 1 saturated heterocycles. The number of carbonyl (C=O) groups is 1. The van der Waals surface area contributed by atoms with Crippen molar-refractivity contribution in [3.05, 3.63) is 28.2 Å². The van der Waals surface area contributed by atoms with E-state index in [0.29, 0.717) is 44.2 Å². The molecule has 24 heavy (non-hydrogen) atoms. The summed E-state index contributed by atoms with van der Waals surface area (Å²) in [4.78, 5) is 16.1. The maximum atomic E-state index is 12.8. The van der Waals surface area contributed by atoms with Gasteiger partial charge in [0, 0.05) is 43.7 Å². The molecule has 0 atom stereocenters. The van der Waals surface area contributed by atoms with Crippen molar-refractivity contribution in [2.24, 2.45) is 0 Å². The highest BCUT2D eigenvalue weighted by Crippen LogP contribution is 2.23. The maximum Gasteiger partial charge on any atom is 0.320 e. The predicted molar refractivity (Wildman–Crippen MR) is 97.5 cm³/mol. The van der Waals surface area contributed by atoms with E-state index in [2.05, 4.69) is 15.9 Å². The van der Waals surface area contributed by atoms with Crippen LogP contribution < -0.4 is 0 Å². The lowest BCUT2D eigenvalue weighted by molar-refractivity contribution is 0.138. The highest BCUT2D eigenvalue weighted by molar-refractivity contribution is 9.10. The van der Waals surface area contributed by atoms with Crippen LogP contribution in [0.1, 0.15) is 19.4 Å². The standard InChI is InChI=1S/C16H24BrN3O3S/c1-4-18(5-2)16(21)19-8-10-20(11-9-19)24(22,23)14-6-7-15(17)13(3)12-14/h6-7,12H,4-5,8-11H2,1-3H3. The molecule has 0 radical (unpaired) electrons. The molecule has 1 aromatic rings. The van der Waals surface area contributed by atoms with E-state index in [1.807, 2.05) is 20.8 Å². The Morgan fingerprint density at radius 3 is 2.25 bits per heavy atom. The molecule has 0 N–H and O–H groups in total. The lowest BCUT2D eigenvalue weighted by atomic mass is 10.2. The van der Waals surface area contributed by atoms with Crippen LogP contribution in [0.3, 0.4) is 0 Å². The van der Waals surface area contributed by atoms with Crippen LogP contribution >= 0.6 is 15.9 Å². The van der Waals surface area contributed by atoms with Crippen molar-refractivity contribution < 1.29 is 13.2 Å². The lowest BCUT2D eigenvalue weighted by Gasteiger charge is -2.36. The van der Waals surface area contributed by atoms with E-state index in [1.165, 1.54) is 4.31 Å². The Labute approximate surface area is 152 Å². The fourth-order valence-electron chi connectivity index (χ4n) is 2.74. The first-order chi connectivity index (χ1) is 11.3. The number of sulfonamides is 1. The molecule has 0 unspecified atom stereocenters. The Kier molecular flexibility index (Phi) is 6.28. The van der Waals surface area contributed by atoms with Crippen LogP contribution in [-0.2, 0) is 10.0 Å². The summed E-state index contributed by atoms with van der Waals surface area (Å²) in [6.07, 6.45) is 0.